The van der Waals surface area contributed by atoms with E-state index in [4.69, 9.17) is 16.3 Å². The Bertz CT molecular complexity index is 675. The molecule has 0 aliphatic rings. The summed E-state index contributed by atoms with van der Waals surface area (Å²) >= 11 is 5.73. The van der Waals surface area contributed by atoms with Crippen LogP contribution in [0.2, 0.25) is 5.02 Å². The van der Waals surface area contributed by atoms with Crippen LogP contribution in [-0.4, -0.2) is 23.1 Å². The second kappa shape index (κ2) is 6.93. The molecule has 4 nitrogen and oxygen atoms in total. The van der Waals surface area contributed by atoms with Crippen LogP contribution in [0.4, 0.5) is 13.2 Å². The molecule has 0 saturated heterocycles. The Hall–Kier alpha value is -1.89. The number of hydrogen-bond acceptors (Lipinski definition) is 4. The van der Waals surface area contributed by atoms with E-state index in [0.717, 1.165) is 13.0 Å². The Morgan fingerprint density at radius 1 is 1.12 bits per heavy atom. The second-order valence-corrected chi connectivity index (χ2v) is 6.54. The van der Waals surface area contributed by atoms with E-state index in [1.165, 1.54) is 0 Å². The van der Waals surface area contributed by atoms with Gasteiger partial charge in [0.05, 0.1) is 10.6 Å². The van der Waals surface area contributed by atoms with E-state index in [2.05, 4.69) is 0 Å². The molecule has 0 bridgehead atoms. The largest absolute Gasteiger partial charge is 0.459 e. The first-order valence-corrected chi connectivity index (χ1v) is 7.26. The Kier molecular flexibility index (Phi) is 5.82. The number of ketones is 2. The minimum absolute atomic E-state index is 0.351. The summed E-state index contributed by atoms with van der Waals surface area (Å²) in [4.78, 5) is 36.2. The third-order valence-corrected chi connectivity index (χ3v) is 3.19. The molecule has 1 unspecified atom stereocenters. The number of Topliss-reactive ketones (excluding diaryl/α,β-unsaturated/α-hetero) is 2. The van der Waals surface area contributed by atoms with E-state index in [1.807, 2.05) is 0 Å². The van der Waals surface area contributed by atoms with Gasteiger partial charge in [0.25, 0.3) is 0 Å². The van der Waals surface area contributed by atoms with Gasteiger partial charge in [-0.15, -0.1) is 0 Å². The van der Waals surface area contributed by atoms with Gasteiger partial charge in [0.1, 0.15) is 5.60 Å². The summed E-state index contributed by atoms with van der Waals surface area (Å²) in [7, 11) is 0. The summed E-state index contributed by atoms with van der Waals surface area (Å²) in [6.07, 6.45) is -4.63. The van der Waals surface area contributed by atoms with Gasteiger partial charge in [-0.05, 0) is 45.9 Å². The van der Waals surface area contributed by atoms with Gasteiger partial charge >= 0.3 is 12.1 Å². The van der Waals surface area contributed by atoms with E-state index < -0.39 is 45.8 Å². The molecule has 0 aromatic heterocycles. The molecular formula is C16H16ClF3O4. The lowest BCUT2D eigenvalue weighted by Crippen LogP contribution is -2.36. The van der Waals surface area contributed by atoms with Crippen LogP contribution < -0.4 is 0 Å². The van der Waals surface area contributed by atoms with Crippen molar-refractivity contribution in [1.29, 1.82) is 0 Å². The first-order chi connectivity index (χ1) is 10.7. The van der Waals surface area contributed by atoms with E-state index in [0.29, 0.717) is 12.1 Å². The zero-order chi connectivity index (χ0) is 18.9. The van der Waals surface area contributed by atoms with Crippen LogP contribution in [0, 0.1) is 5.92 Å². The first kappa shape index (κ1) is 20.2. The fourth-order valence-electron chi connectivity index (χ4n) is 1.87. The molecule has 0 saturated carbocycles. The van der Waals surface area contributed by atoms with Gasteiger partial charge in [0.2, 0.25) is 0 Å². The molecule has 0 heterocycles. The average molecular weight is 365 g/mol. The van der Waals surface area contributed by atoms with Crippen LogP contribution in [-0.2, 0) is 20.5 Å². The number of ether oxygens (including phenoxy) is 1. The standard InChI is InChI=1S/C16H16ClF3O4/c1-8(21)12(14(23)24-15(2,3)4)13(22)10-6-5-9(7-11(10)17)16(18,19)20/h5-7,12H,1-4H3. The van der Waals surface area contributed by atoms with Crippen LogP contribution in [0.1, 0.15) is 43.6 Å². The van der Waals surface area contributed by atoms with Gasteiger partial charge in [0.15, 0.2) is 17.5 Å². The fraction of sp³-hybridized carbons (Fsp3) is 0.438. The minimum Gasteiger partial charge on any atom is -0.459 e. The first-order valence-electron chi connectivity index (χ1n) is 6.88. The molecule has 0 N–H and O–H groups in total. The Morgan fingerprint density at radius 3 is 2.04 bits per heavy atom. The van der Waals surface area contributed by atoms with Crippen molar-refractivity contribution in [1.82, 2.24) is 0 Å². The third-order valence-electron chi connectivity index (χ3n) is 2.87. The molecule has 1 rings (SSSR count). The number of carbonyl (C=O) groups excluding carboxylic acids is 3. The Balaban J connectivity index is 3.22. The van der Waals surface area contributed by atoms with Gasteiger partial charge in [0, 0.05) is 5.56 Å². The Labute approximate surface area is 141 Å². The highest BCUT2D eigenvalue weighted by Crippen LogP contribution is 2.33. The normalized spacial score (nSPS) is 13.3. The van der Waals surface area contributed by atoms with Crippen molar-refractivity contribution in [3.63, 3.8) is 0 Å². The number of hydrogen-bond donors (Lipinski definition) is 0. The lowest BCUT2D eigenvalue weighted by Gasteiger charge is -2.22. The number of carbonyl (C=O) groups is 3. The summed E-state index contributed by atoms with van der Waals surface area (Å²) < 4.78 is 42.9. The maximum absolute atomic E-state index is 12.6. The lowest BCUT2D eigenvalue weighted by molar-refractivity contribution is -0.159. The van der Waals surface area contributed by atoms with Crippen LogP contribution in [0.5, 0.6) is 0 Å². The van der Waals surface area contributed by atoms with Crippen molar-refractivity contribution in [2.45, 2.75) is 39.5 Å². The topological polar surface area (TPSA) is 60.4 Å². The summed E-state index contributed by atoms with van der Waals surface area (Å²) in [6, 6.07) is 2.07. The highest BCUT2D eigenvalue weighted by atomic mass is 35.5. The lowest BCUT2D eigenvalue weighted by atomic mass is 9.93. The zero-order valence-corrected chi connectivity index (χ0v) is 14.2. The van der Waals surface area contributed by atoms with E-state index in [-0.39, 0.29) is 5.56 Å². The average Bonchev–Trinajstić information content (AvgIpc) is 2.34. The van der Waals surface area contributed by atoms with Crippen molar-refractivity contribution >= 4 is 29.1 Å². The molecule has 0 radical (unpaired) electrons. The quantitative estimate of drug-likeness (QED) is 0.458. The van der Waals surface area contributed by atoms with E-state index >= 15 is 0 Å². The summed E-state index contributed by atoms with van der Waals surface area (Å²) in [5.74, 6) is -4.64. The monoisotopic (exact) mass is 364 g/mol. The van der Waals surface area contributed by atoms with Gasteiger partial charge < -0.3 is 4.74 Å². The van der Waals surface area contributed by atoms with E-state index in [1.54, 1.807) is 20.8 Å². The highest BCUT2D eigenvalue weighted by molar-refractivity contribution is 6.36. The molecule has 24 heavy (non-hydrogen) atoms. The summed E-state index contributed by atoms with van der Waals surface area (Å²) in [5.41, 5.74) is -2.33. The smallest absolute Gasteiger partial charge is 0.416 e. The van der Waals surface area contributed by atoms with Crippen LogP contribution in [0.25, 0.3) is 0 Å². The summed E-state index contributed by atoms with van der Waals surface area (Å²) in [5, 5.41) is -0.496. The van der Waals surface area contributed by atoms with Gasteiger partial charge in [-0.1, -0.05) is 11.6 Å². The molecule has 132 valence electrons. The molecular weight excluding hydrogens is 349 g/mol. The van der Waals surface area contributed by atoms with E-state index in [9.17, 15) is 27.6 Å². The SMILES string of the molecule is CC(=O)C(C(=O)OC(C)(C)C)C(=O)c1ccc(C(F)(F)F)cc1Cl. The minimum atomic E-state index is -4.63. The fourth-order valence-corrected chi connectivity index (χ4v) is 2.14. The third kappa shape index (κ3) is 5.06. The predicted molar refractivity (Wildman–Crippen MR) is 80.8 cm³/mol. The number of esters is 1. The molecule has 1 aromatic rings. The molecule has 0 aliphatic heterocycles. The molecule has 8 heteroatoms. The zero-order valence-electron chi connectivity index (χ0n) is 13.5. The number of halogens is 4. The number of benzene rings is 1. The highest BCUT2D eigenvalue weighted by Gasteiger charge is 2.37. The predicted octanol–water partition coefficient (Wildman–Crippen LogP) is 4.09. The molecule has 0 aliphatic carbocycles. The molecule has 1 atom stereocenters. The molecule has 1 aromatic carbocycles. The van der Waals surface area contributed by atoms with Crippen molar-refractivity contribution in [3.05, 3.63) is 34.3 Å². The van der Waals surface area contributed by atoms with Crippen LogP contribution in [0.15, 0.2) is 18.2 Å². The van der Waals surface area contributed by atoms with Crippen molar-refractivity contribution in [2.24, 2.45) is 5.92 Å². The van der Waals surface area contributed by atoms with Crippen molar-refractivity contribution in [3.8, 4) is 0 Å². The van der Waals surface area contributed by atoms with Crippen LogP contribution >= 0.6 is 11.6 Å². The molecule has 0 fully saturated rings. The number of rotatable bonds is 4. The molecule has 0 spiro atoms. The number of alkyl halides is 3. The molecule has 0 amide bonds. The van der Waals surface area contributed by atoms with Gasteiger partial charge in [-0.2, -0.15) is 13.2 Å². The Morgan fingerprint density at radius 2 is 1.67 bits per heavy atom. The van der Waals surface area contributed by atoms with Gasteiger partial charge in [-0.3, -0.25) is 14.4 Å². The summed E-state index contributed by atoms with van der Waals surface area (Å²) in [6.45, 7) is 5.68. The maximum atomic E-state index is 12.6. The maximum Gasteiger partial charge on any atom is 0.416 e. The van der Waals surface area contributed by atoms with Gasteiger partial charge in [-0.25, -0.2) is 0 Å². The van der Waals surface area contributed by atoms with Crippen molar-refractivity contribution in [2.75, 3.05) is 0 Å². The second-order valence-electron chi connectivity index (χ2n) is 6.13. The van der Waals surface area contributed by atoms with Crippen LogP contribution in [0.3, 0.4) is 0 Å². The van der Waals surface area contributed by atoms with Crippen molar-refractivity contribution < 1.29 is 32.3 Å².